The molecule has 0 radical (unpaired) electrons. The summed E-state index contributed by atoms with van der Waals surface area (Å²) in [6.07, 6.45) is 2.20. The largest absolute Gasteiger partial charge is 0.463 e. The molecule has 0 spiro atoms. The van der Waals surface area contributed by atoms with E-state index in [2.05, 4.69) is 11.7 Å². The lowest BCUT2D eigenvalue weighted by Gasteiger charge is -2.02. The number of aliphatic hydroxyl groups is 2. The zero-order chi connectivity index (χ0) is 11.9. The quantitative estimate of drug-likeness (QED) is 0.480. The van der Waals surface area contributed by atoms with Gasteiger partial charge in [0.25, 0.3) is 0 Å². The highest BCUT2D eigenvalue weighted by atomic mass is 16.6. The van der Waals surface area contributed by atoms with Crippen molar-refractivity contribution in [3.8, 4) is 0 Å². The number of esters is 1. The van der Waals surface area contributed by atoms with Gasteiger partial charge in [-0.25, -0.2) is 0 Å². The summed E-state index contributed by atoms with van der Waals surface area (Å²) < 4.78 is 9.81. The molecule has 0 aliphatic rings. The number of carbonyl (C=O) groups excluding carboxylic acids is 1. The van der Waals surface area contributed by atoms with E-state index in [-0.39, 0.29) is 19.2 Å². The Labute approximate surface area is 91.0 Å². The van der Waals surface area contributed by atoms with E-state index in [4.69, 9.17) is 14.9 Å². The van der Waals surface area contributed by atoms with Crippen molar-refractivity contribution in [1.29, 1.82) is 0 Å². The van der Waals surface area contributed by atoms with Crippen LogP contribution in [0.4, 0.5) is 0 Å². The van der Waals surface area contributed by atoms with E-state index in [1.54, 1.807) is 0 Å². The average molecular weight is 222 g/mol. The van der Waals surface area contributed by atoms with Crippen LogP contribution in [-0.2, 0) is 14.3 Å². The van der Waals surface area contributed by atoms with Crippen LogP contribution in [0.5, 0.6) is 0 Å². The van der Waals surface area contributed by atoms with Crippen LogP contribution in [0.1, 0.15) is 26.7 Å². The van der Waals surface area contributed by atoms with E-state index in [0.29, 0.717) is 13.2 Å². The maximum Gasteiger partial charge on any atom is 0.302 e. The fourth-order valence-electron chi connectivity index (χ4n) is 0.593. The number of carbonyl (C=O) groups is 1. The average Bonchev–Trinajstić information content (AvgIpc) is 2.23. The molecule has 0 aliphatic carbocycles. The fraction of sp³-hybridized carbons (Fsp3) is 0.900. The summed E-state index contributed by atoms with van der Waals surface area (Å²) in [6, 6.07) is 0. The van der Waals surface area contributed by atoms with Crippen molar-refractivity contribution >= 4 is 5.97 Å². The minimum atomic E-state index is -0.246. The summed E-state index contributed by atoms with van der Waals surface area (Å²) in [5.41, 5.74) is 0. The number of hydrogen-bond donors (Lipinski definition) is 2. The predicted octanol–water partition coefficient (Wildman–Crippen LogP) is 0.337. The molecule has 0 aromatic rings. The van der Waals surface area contributed by atoms with Crippen LogP contribution in [0, 0.1) is 0 Å². The Bertz CT molecular complexity index is 125. The standard InChI is InChI=1S/C8H16O3.C2H6O2/c1-3-4-5-10-6-7-11-8(2)9;3-1-2-4/h3-7H2,1-2H3;3-4H,1-2H2. The van der Waals surface area contributed by atoms with Gasteiger partial charge in [-0.15, -0.1) is 0 Å². The molecule has 0 aliphatic heterocycles. The fourth-order valence-corrected chi connectivity index (χ4v) is 0.593. The normalized spacial score (nSPS) is 9.07. The van der Waals surface area contributed by atoms with Gasteiger partial charge in [0.15, 0.2) is 0 Å². The Morgan fingerprint density at radius 2 is 1.73 bits per heavy atom. The summed E-state index contributed by atoms with van der Waals surface area (Å²) in [6.45, 7) is 4.90. The van der Waals surface area contributed by atoms with Crippen LogP contribution in [0.3, 0.4) is 0 Å². The summed E-state index contributed by atoms with van der Waals surface area (Å²) in [5.74, 6) is -0.246. The first-order valence-corrected chi connectivity index (χ1v) is 5.11. The molecule has 0 aromatic carbocycles. The van der Waals surface area contributed by atoms with Crippen LogP contribution in [0.15, 0.2) is 0 Å². The maximum absolute atomic E-state index is 10.3. The van der Waals surface area contributed by atoms with Crippen molar-refractivity contribution in [2.45, 2.75) is 26.7 Å². The lowest BCUT2D eigenvalue weighted by molar-refractivity contribution is -0.142. The summed E-state index contributed by atoms with van der Waals surface area (Å²) >= 11 is 0. The molecule has 0 heterocycles. The van der Waals surface area contributed by atoms with Gasteiger partial charge in [0.1, 0.15) is 6.61 Å². The number of aliphatic hydroxyl groups excluding tert-OH is 2. The van der Waals surface area contributed by atoms with Gasteiger partial charge in [-0.2, -0.15) is 0 Å². The molecule has 0 saturated carbocycles. The molecular formula is C10H22O5. The van der Waals surface area contributed by atoms with Gasteiger partial charge < -0.3 is 19.7 Å². The maximum atomic E-state index is 10.3. The third kappa shape index (κ3) is 24.7. The van der Waals surface area contributed by atoms with E-state index < -0.39 is 0 Å². The van der Waals surface area contributed by atoms with E-state index in [1.165, 1.54) is 6.92 Å². The van der Waals surface area contributed by atoms with Gasteiger partial charge in [0.05, 0.1) is 19.8 Å². The molecule has 0 amide bonds. The van der Waals surface area contributed by atoms with E-state index in [0.717, 1.165) is 19.4 Å². The smallest absolute Gasteiger partial charge is 0.302 e. The number of hydrogen-bond acceptors (Lipinski definition) is 5. The van der Waals surface area contributed by atoms with Crippen molar-refractivity contribution in [2.24, 2.45) is 0 Å². The molecule has 0 atom stereocenters. The molecule has 0 rings (SSSR count). The van der Waals surface area contributed by atoms with E-state index >= 15 is 0 Å². The molecule has 0 unspecified atom stereocenters. The molecule has 15 heavy (non-hydrogen) atoms. The number of ether oxygens (including phenoxy) is 2. The van der Waals surface area contributed by atoms with Crippen LogP contribution >= 0.6 is 0 Å². The lowest BCUT2D eigenvalue weighted by atomic mass is 10.4. The minimum Gasteiger partial charge on any atom is -0.463 e. The van der Waals surface area contributed by atoms with Gasteiger partial charge in [-0.1, -0.05) is 13.3 Å². The van der Waals surface area contributed by atoms with Gasteiger partial charge >= 0.3 is 5.97 Å². The predicted molar refractivity (Wildman–Crippen MR) is 56.5 cm³/mol. The van der Waals surface area contributed by atoms with E-state index in [9.17, 15) is 4.79 Å². The minimum absolute atomic E-state index is 0.125. The van der Waals surface area contributed by atoms with Crippen LogP contribution < -0.4 is 0 Å². The van der Waals surface area contributed by atoms with Crippen molar-refractivity contribution in [1.82, 2.24) is 0 Å². The molecule has 92 valence electrons. The molecule has 0 saturated heterocycles. The highest BCUT2D eigenvalue weighted by Gasteiger charge is 1.91. The monoisotopic (exact) mass is 222 g/mol. The number of rotatable bonds is 7. The van der Waals surface area contributed by atoms with Crippen molar-refractivity contribution in [3.63, 3.8) is 0 Å². The first-order valence-electron chi connectivity index (χ1n) is 5.11. The topological polar surface area (TPSA) is 76.0 Å². The van der Waals surface area contributed by atoms with Gasteiger partial charge in [0.2, 0.25) is 0 Å². The highest BCUT2D eigenvalue weighted by molar-refractivity contribution is 5.65. The third-order valence-electron chi connectivity index (χ3n) is 1.28. The van der Waals surface area contributed by atoms with Crippen LogP contribution in [-0.4, -0.2) is 49.2 Å². The highest BCUT2D eigenvalue weighted by Crippen LogP contribution is 1.87. The Kier molecular flexibility index (Phi) is 17.7. The second-order valence-electron chi connectivity index (χ2n) is 2.75. The van der Waals surface area contributed by atoms with Gasteiger partial charge in [-0.3, -0.25) is 4.79 Å². The second-order valence-corrected chi connectivity index (χ2v) is 2.75. The third-order valence-corrected chi connectivity index (χ3v) is 1.28. The Morgan fingerprint density at radius 3 is 2.13 bits per heavy atom. The second kappa shape index (κ2) is 15.8. The Hall–Kier alpha value is -0.650. The van der Waals surface area contributed by atoms with Gasteiger partial charge in [-0.05, 0) is 6.42 Å². The summed E-state index contributed by atoms with van der Waals surface area (Å²) in [4.78, 5) is 10.3. The molecule has 0 fully saturated rings. The lowest BCUT2D eigenvalue weighted by Crippen LogP contribution is -2.07. The molecule has 5 nitrogen and oxygen atoms in total. The first-order chi connectivity index (χ1) is 7.18. The van der Waals surface area contributed by atoms with E-state index in [1.807, 2.05) is 0 Å². The molecule has 0 bridgehead atoms. The Morgan fingerprint density at radius 1 is 1.13 bits per heavy atom. The zero-order valence-corrected chi connectivity index (χ0v) is 9.57. The Balaban J connectivity index is 0. The molecular weight excluding hydrogens is 200 g/mol. The van der Waals surface area contributed by atoms with Crippen LogP contribution in [0.25, 0.3) is 0 Å². The SMILES string of the molecule is CCCCOCCOC(C)=O.OCCO. The van der Waals surface area contributed by atoms with Crippen molar-refractivity contribution in [2.75, 3.05) is 33.0 Å². The van der Waals surface area contributed by atoms with Gasteiger partial charge in [0, 0.05) is 13.5 Å². The number of unbranched alkanes of at least 4 members (excludes halogenated alkanes) is 1. The van der Waals surface area contributed by atoms with Crippen molar-refractivity contribution < 1.29 is 24.5 Å². The summed E-state index contributed by atoms with van der Waals surface area (Å²) in [5, 5.41) is 15.2. The molecule has 0 aromatic heterocycles. The van der Waals surface area contributed by atoms with Crippen LogP contribution in [0.2, 0.25) is 0 Å². The zero-order valence-electron chi connectivity index (χ0n) is 9.57. The first kappa shape index (κ1) is 16.8. The summed E-state index contributed by atoms with van der Waals surface area (Å²) in [7, 11) is 0. The molecule has 5 heteroatoms. The van der Waals surface area contributed by atoms with Crippen molar-refractivity contribution in [3.05, 3.63) is 0 Å². The molecule has 2 N–H and O–H groups in total.